The summed E-state index contributed by atoms with van der Waals surface area (Å²) in [6.07, 6.45) is 0.572. The molecule has 0 aliphatic heterocycles. The summed E-state index contributed by atoms with van der Waals surface area (Å²) in [6.45, 7) is 2.64. The number of ether oxygens (including phenoxy) is 1. The fraction of sp³-hybridized carbons (Fsp3) is 0.273. The van der Waals surface area contributed by atoms with Crippen LogP contribution in [0.4, 0.5) is 17.6 Å². The third kappa shape index (κ3) is 4.56. The topological polar surface area (TPSA) is 49.4 Å². The minimum Gasteiger partial charge on any atom is -0.772 e. The van der Waals surface area contributed by atoms with E-state index in [0.29, 0.717) is 6.08 Å². The van der Waals surface area contributed by atoms with Gasteiger partial charge in [0.25, 0.3) is 0 Å². The second-order valence-electron chi connectivity index (χ2n) is 3.41. The van der Waals surface area contributed by atoms with E-state index in [1.807, 2.05) is 0 Å². The van der Waals surface area contributed by atoms with Gasteiger partial charge in [-0.3, -0.25) is 4.21 Å². The van der Waals surface area contributed by atoms with Crippen LogP contribution in [-0.2, 0) is 11.1 Å². The Morgan fingerprint density at radius 3 is 2.05 bits per heavy atom. The molecule has 1 rings (SSSR count). The first kappa shape index (κ1) is 19.6. The first-order chi connectivity index (χ1) is 8.90. The minimum atomic E-state index is -2.33. The molecule has 20 heavy (non-hydrogen) atoms. The van der Waals surface area contributed by atoms with Crippen LogP contribution < -0.4 is 34.3 Å². The molecule has 0 aliphatic rings. The molecular weight excluding hydrogens is 311 g/mol. The fourth-order valence-corrected chi connectivity index (χ4v) is 1.64. The van der Waals surface area contributed by atoms with E-state index in [1.165, 1.54) is 0 Å². The van der Waals surface area contributed by atoms with Gasteiger partial charge in [0.05, 0.1) is 12.2 Å². The van der Waals surface area contributed by atoms with E-state index in [1.54, 1.807) is 0 Å². The van der Waals surface area contributed by atoms with Crippen molar-refractivity contribution >= 4 is 17.2 Å². The number of benzene rings is 1. The van der Waals surface area contributed by atoms with Crippen molar-refractivity contribution in [2.75, 3.05) is 12.4 Å². The summed E-state index contributed by atoms with van der Waals surface area (Å²) in [4.78, 5) is 0. The summed E-state index contributed by atoms with van der Waals surface area (Å²) in [5, 5.41) is 0. The molecule has 0 heterocycles. The van der Waals surface area contributed by atoms with Crippen LogP contribution in [0.3, 0.4) is 0 Å². The minimum absolute atomic E-state index is 0. The predicted molar refractivity (Wildman–Crippen MR) is 60.3 cm³/mol. The molecule has 0 N–H and O–H groups in total. The molecule has 1 unspecified atom stereocenters. The van der Waals surface area contributed by atoms with Crippen molar-refractivity contribution in [1.29, 1.82) is 0 Å². The van der Waals surface area contributed by atoms with Crippen molar-refractivity contribution in [2.45, 2.75) is 6.42 Å². The zero-order chi connectivity index (χ0) is 14.6. The van der Waals surface area contributed by atoms with Crippen LogP contribution in [0.1, 0.15) is 12.0 Å². The van der Waals surface area contributed by atoms with Gasteiger partial charge in [-0.2, -0.15) is 8.78 Å². The summed E-state index contributed by atoms with van der Waals surface area (Å²) in [6, 6.07) is 0. The van der Waals surface area contributed by atoms with Gasteiger partial charge in [-0.05, 0) is 6.42 Å². The van der Waals surface area contributed by atoms with Gasteiger partial charge in [0, 0.05) is 5.75 Å². The van der Waals surface area contributed by atoms with E-state index >= 15 is 0 Å². The van der Waals surface area contributed by atoms with Crippen molar-refractivity contribution in [2.24, 2.45) is 0 Å². The molecule has 0 fully saturated rings. The van der Waals surface area contributed by atoms with Crippen molar-refractivity contribution in [1.82, 2.24) is 0 Å². The first-order valence-corrected chi connectivity index (χ1v) is 6.31. The van der Waals surface area contributed by atoms with Gasteiger partial charge in [0.1, 0.15) is 0 Å². The second-order valence-corrected chi connectivity index (χ2v) is 4.43. The van der Waals surface area contributed by atoms with E-state index in [-0.39, 0.29) is 41.7 Å². The van der Waals surface area contributed by atoms with E-state index < -0.39 is 52.3 Å². The Labute approximate surface area is 137 Å². The number of halogens is 4. The number of hydrogen-bond donors (Lipinski definition) is 0. The summed E-state index contributed by atoms with van der Waals surface area (Å²) in [7, 11) is 0. The molecule has 9 heteroatoms. The first-order valence-electron chi connectivity index (χ1n) is 5.07. The number of hydrogen-bond acceptors (Lipinski definition) is 3. The van der Waals surface area contributed by atoms with Crippen LogP contribution in [-0.4, -0.2) is 21.1 Å². The average Bonchev–Trinajstić information content (AvgIpc) is 2.36. The maximum absolute atomic E-state index is 13.4. The maximum atomic E-state index is 13.4. The molecule has 3 nitrogen and oxygen atoms in total. The fourth-order valence-electron chi connectivity index (χ4n) is 1.29. The Morgan fingerprint density at radius 1 is 1.15 bits per heavy atom. The van der Waals surface area contributed by atoms with E-state index in [9.17, 15) is 26.3 Å². The standard InChI is InChI=1S/C11H10F4O3S.Na/c1-2-6-7(12)9(14)11(10(15)8(6)13)18-4-3-5-19(16)17;/h2H,1,3-5H2,(H,16,17);/q;+1/p-1. The van der Waals surface area contributed by atoms with Crippen molar-refractivity contribution < 1.29 is 60.6 Å². The van der Waals surface area contributed by atoms with Gasteiger partial charge >= 0.3 is 29.6 Å². The quantitative estimate of drug-likeness (QED) is 0.234. The van der Waals surface area contributed by atoms with Crippen LogP contribution in [0.5, 0.6) is 5.75 Å². The molecule has 0 radical (unpaired) electrons. The van der Waals surface area contributed by atoms with E-state index in [2.05, 4.69) is 11.3 Å². The van der Waals surface area contributed by atoms with Gasteiger partial charge in [0.2, 0.25) is 11.6 Å². The van der Waals surface area contributed by atoms with Crippen LogP contribution >= 0.6 is 0 Å². The maximum Gasteiger partial charge on any atom is 1.00 e. The average molecular weight is 320 g/mol. The molecule has 1 aromatic rings. The molecule has 0 saturated heterocycles. The molecule has 1 aromatic carbocycles. The van der Waals surface area contributed by atoms with Gasteiger partial charge in [-0.1, -0.05) is 23.7 Å². The molecule has 0 amide bonds. The van der Waals surface area contributed by atoms with E-state index in [4.69, 9.17) is 0 Å². The summed E-state index contributed by atoms with van der Waals surface area (Å²) >= 11 is -2.33. The summed E-state index contributed by atoms with van der Waals surface area (Å²) in [5.74, 6) is -8.10. The third-order valence-corrected chi connectivity index (χ3v) is 2.78. The van der Waals surface area contributed by atoms with Crippen LogP contribution in [0.2, 0.25) is 0 Å². The van der Waals surface area contributed by atoms with Gasteiger partial charge in [0.15, 0.2) is 17.4 Å². The third-order valence-electron chi connectivity index (χ3n) is 2.16. The van der Waals surface area contributed by atoms with Crippen molar-refractivity contribution in [3.63, 3.8) is 0 Å². The number of rotatable bonds is 6. The molecule has 1 atom stereocenters. The molecule has 0 aromatic heterocycles. The molecule has 0 saturated carbocycles. The van der Waals surface area contributed by atoms with Gasteiger partial charge in [-0.25, -0.2) is 8.78 Å². The van der Waals surface area contributed by atoms with Gasteiger partial charge < -0.3 is 9.29 Å². The Bertz CT molecular complexity index is 496. The second kappa shape index (κ2) is 8.78. The molecular formula is C11H9F4NaO3S. The SMILES string of the molecule is C=Cc1c(F)c(F)c(OCCCS(=O)[O-])c(F)c1F.[Na+]. The Kier molecular flexibility index (Phi) is 8.60. The van der Waals surface area contributed by atoms with Crippen molar-refractivity contribution in [3.8, 4) is 5.75 Å². The molecule has 0 spiro atoms. The smallest absolute Gasteiger partial charge is 0.772 e. The van der Waals surface area contributed by atoms with E-state index in [0.717, 1.165) is 0 Å². The molecule has 106 valence electrons. The van der Waals surface area contributed by atoms with Crippen LogP contribution in [0.25, 0.3) is 6.08 Å². The molecule has 0 bridgehead atoms. The van der Waals surface area contributed by atoms with Crippen LogP contribution in [0.15, 0.2) is 6.58 Å². The Morgan fingerprint density at radius 2 is 1.65 bits per heavy atom. The van der Waals surface area contributed by atoms with Crippen molar-refractivity contribution in [3.05, 3.63) is 35.4 Å². The van der Waals surface area contributed by atoms with Gasteiger partial charge in [-0.15, -0.1) is 0 Å². The summed E-state index contributed by atoms with van der Waals surface area (Å²) in [5.41, 5.74) is -0.928. The Balaban J connectivity index is 0.00000361. The zero-order valence-electron chi connectivity index (χ0n) is 10.6. The Hall–Kier alpha value is -0.410. The van der Waals surface area contributed by atoms with Crippen LogP contribution in [0, 0.1) is 23.3 Å². The monoisotopic (exact) mass is 320 g/mol. The predicted octanol–water partition coefficient (Wildman–Crippen LogP) is -0.462. The zero-order valence-corrected chi connectivity index (χ0v) is 13.4. The summed E-state index contributed by atoms with van der Waals surface area (Å²) < 4.78 is 78.4. The molecule has 0 aliphatic carbocycles. The normalized spacial score (nSPS) is 11.7. The largest absolute Gasteiger partial charge is 1.00 e.